The number of fused-ring (bicyclic) bond motifs is 2. The van der Waals surface area contributed by atoms with E-state index < -0.39 is 0 Å². The lowest BCUT2D eigenvalue weighted by Gasteiger charge is -2.06. The van der Waals surface area contributed by atoms with Crippen molar-refractivity contribution in [1.82, 2.24) is 14.4 Å². The first kappa shape index (κ1) is 13.5. The summed E-state index contributed by atoms with van der Waals surface area (Å²) in [5.41, 5.74) is 3.69. The van der Waals surface area contributed by atoms with E-state index in [2.05, 4.69) is 15.3 Å². The number of pyridine rings is 2. The van der Waals surface area contributed by atoms with Gasteiger partial charge in [-0.25, -0.2) is 4.98 Å². The Kier molecular flexibility index (Phi) is 3.05. The number of rotatable bonds is 2. The lowest BCUT2D eigenvalue weighted by Crippen LogP contribution is -2.12. The number of aromatic nitrogens is 3. The molecule has 5 nitrogen and oxygen atoms in total. The SMILES string of the molecule is Cc1ccn2cc(C(=O)Nc3cccc4cccnc34)nc2c1. The summed E-state index contributed by atoms with van der Waals surface area (Å²) < 4.78 is 1.84. The maximum atomic E-state index is 12.5. The number of nitrogens with zero attached hydrogens (tertiary/aromatic N) is 3. The number of imidazole rings is 1. The van der Waals surface area contributed by atoms with Gasteiger partial charge in [0, 0.05) is 24.0 Å². The van der Waals surface area contributed by atoms with E-state index in [1.54, 1.807) is 12.4 Å². The summed E-state index contributed by atoms with van der Waals surface area (Å²) in [5, 5.41) is 3.88. The van der Waals surface area contributed by atoms with E-state index in [9.17, 15) is 4.79 Å². The van der Waals surface area contributed by atoms with E-state index in [0.717, 1.165) is 22.1 Å². The fourth-order valence-electron chi connectivity index (χ4n) is 2.58. The molecule has 0 aliphatic rings. The highest BCUT2D eigenvalue weighted by Gasteiger charge is 2.12. The summed E-state index contributed by atoms with van der Waals surface area (Å²) in [6.45, 7) is 2.00. The highest BCUT2D eigenvalue weighted by Crippen LogP contribution is 2.21. The van der Waals surface area contributed by atoms with Crippen LogP contribution in [0, 0.1) is 6.92 Å². The third-order valence-corrected chi connectivity index (χ3v) is 3.73. The van der Waals surface area contributed by atoms with Crippen molar-refractivity contribution in [3.63, 3.8) is 0 Å². The van der Waals surface area contributed by atoms with Crippen molar-refractivity contribution in [2.45, 2.75) is 6.92 Å². The normalized spacial score (nSPS) is 11.0. The molecule has 112 valence electrons. The van der Waals surface area contributed by atoms with Gasteiger partial charge in [0.05, 0.1) is 11.2 Å². The Balaban J connectivity index is 1.70. The second kappa shape index (κ2) is 5.21. The van der Waals surface area contributed by atoms with Gasteiger partial charge < -0.3 is 9.72 Å². The van der Waals surface area contributed by atoms with Crippen molar-refractivity contribution >= 4 is 28.1 Å². The zero-order valence-corrected chi connectivity index (χ0v) is 12.5. The van der Waals surface area contributed by atoms with Gasteiger partial charge in [0.15, 0.2) is 0 Å². The van der Waals surface area contributed by atoms with Gasteiger partial charge in [-0.2, -0.15) is 0 Å². The zero-order chi connectivity index (χ0) is 15.8. The molecular weight excluding hydrogens is 288 g/mol. The number of hydrogen-bond acceptors (Lipinski definition) is 3. The average molecular weight is 302 g/mol. The van der Waals surface area contributed by atoms with Gasteiger partial charge in [0.1, 0.15) is 11.3 Å². The van der Waals surface area contributed by atoms with Crippen molar-refractivity contribution in [1.29, 1.82) is 0 Å². The third kappa shape index (κ3) is 2.42. The fraction of sp³-hybridized carbons (Fsp3) is 0.0556. The van der Waals surface area contributed by atoms with Crippen LogP contribution in [0.25, 0.3) is 16.6 Å². The molecule has 23 heavy (non-hydrogen) atoms. The molecule has 4 rings (SSSR count). The molecule has 5 heteroatoms. The monoisotopic (exact) mass is 302 g/mol. The number of para-hydroxylation sites is 1. The van der Waals surface area contributed by atoms with Gasteiger partial charge in [-0.3, -0.25) is 9.78 Å². The number of benzene rings is 1. The molecule has 0 atom stereocenters. The molecule has 0 spiro atoms. The summed E-state index contributed by atoms with van der Waals surface area (Å²) in [5.74, 6) is -0.246. The number of anilines is 1. The molecule has 0 unspecified atom stereocenters. The number of carbonyl (C=O) groups is 1. The molecule has 0 aliphatic carbocycles. The fourth-order valence-corrected chi connectivity index (χ4v) is 2.58. The molecule has 0 radical (unpaired) electrons. The molecule has 0 aliphatic heterocycles. The summed E-state index contributed by atoms with van der Waals surface area (Å²) in [7, 11) is 0. The van der Waals surface area contributed by atoms with Crippen LogP contribution in [0.2, 0.25) is 0 Å². The van der Waals surface area contributed by atoms with E-state index in [1.807, 2.05) is 60.0 Å². The smallest absolute Gasteiger partial charge is 0.275 e. The first-order chi connectivity index (χ1) is 11.2. The van der Waals surface area contributed by atoms with Crippen LogP contribution in [0.4, 0.5) is 5.69 Å². The van der Waals surface area contributed by atoms with Gasteiger partial charge in [-0.05, 0) is 36.8 Å². The molecule has 3 heterocycles. The van der Waals surface area contributed by atoms with Gasteiger partial charge in [0.2, 0.25) is 0 Å². The van der Waals surface area contributed by atoms with Crippen LogP contribution in [0.15, 0.2) is 61.1 Å². The van der Waals surface area contributed by atoms with E-state index in [0.29, 0.717) is 11.4 Å². The second-order valence-electron chi connectivity index (χ2n) is 5.43. The number of nitrogens with one attached hydrogen (secondary N) is 1. The van der Waals surface area contributed by atoms with E-state index in [1.165, 1.54) is 0 Å². The van der Waals surface area contributed by atoms with Crippen molar-refractivity contribution in [3.8, 4) is 0 Å². The Morgan fingerprint density at radius 2 is 2.04 bits per heavy atom. The molecule has 3 aromatic heterocycles. The van der Waals surface area contributed by atoms with Crippen LogP contribution in [-0.4, -0.2) is 20.3 Å². The van der Waals surface area contributed by atoms with Crippen LogP contribution >= 0.6 is 0 Å². The number of carbonyl (C=O) groups excluding carboxylic acids is 1. The average Bonchev–Trinajstić information content (AvgIpc) is 2.98. The minimum atomic E-state index is -0.246. The molecular formula is C18H14N4O. The minimum Gasteiger partial charge on any atom is -0.319 e. The molecule has 0 fully saturated rings. The number of aryl methyl sites for hydroxylation is 1. The van der Waals surface area contributed by atoms with Crippen LogP contribution in [0.5, 0.6) is 0 Å². The standard InChI is InChI=1S/C18H14N4O/c1-12-7-9-22-11-15(20-16(22)10-12)18(23)21-14-6-2-4-13-5-3-8-19-17(13)14/h2-11H,1H3,(H,21,23). The van der Waals surface area contributed by atoms with Crippen molar-refractivity contribution in [2.24, 2.45) is 0 Å². The molecule has 0 saturated carbocycles. The predicted molar refractivity (Wildman–Crippen MR) is 89.6 cm³/mol. The van der Waals surface area contributed by atoms with E-state index in [4.69, 9.17) is 0 Å². The van der Waals surface area contributed by atoms with Crippen LogP contribution in [-0.2, 0) is 0 Å². The molecule has 1 aromatic carbocycles. The van der Waals surface area contributed by atoms with Gasteiger partial charge in [-0.15, -0.1) is 0 Å². The molecule has 1 N–H and O–H groups in total. The highest BCUT2D eigenvalue weighted by molar-refractivity contribution is 6.07. The summed E-state index contributed by atoms with van der Waals surface area (Å²) >= 11 is 0. The maximum Gasteiger partial charge on any atom is 0.275 e. The van der Waals surface area contributed by atoms with Gasteiger partial charge in [-0.1, -0.05) is 18.2 Å². The van der Waals surface area contributed by atoms with Crippen LogP contribution < -0.4 is 5.32 Å². The Morgan fingerprint density at radius 1 is 1.17 bits per heavy atom. The molecule has 0 bridgehead atoms. The topological polar surface area (TPSA) is 59.3 Å². The van der Waals surface area contributed by atoms with E-state index in [-0.39, 0.29) is 5.91 Å². The van der Waals surface area contributed by atoms with Crippen molar-refractivity contribution in [3.05, 3.63) is 72.3 Å². The predicted octanol–water partition coefficient (Wildman–Crippen LogP) is 3.44. The number of amides is 1. The largest absolute Gasteiger partial charge is 0.319 e. The Labute approximate surface area is 132 Å². The lowest BCUT2D eigenvalue weighted by atomic mass is 10.2. The maximum absolute atomic E-state index is 12.5. The first-order valence-electron chi connectivity index (χ1n) is 7.31. The first-order valence-corrected chi connectivity index (χ1v) is 7.31. The van der Waals surface area contributed by atoms with Gasteiger partial charge in [0.25, 0.3) is 5.91 Å². The highest BCUT2D eigenvalue weighted by atomic mass is 16.1. The Hall–Kier alpha value is -3.21. The number of hydrogen-bond donors (Lipinski definition) is 1. The molecule has 0 saturated heterocycles. The third-order valence-electron chi connectivity index (χ3n) is 3.73. The van der Waals surface area contributed by atoms with Crippen molar-refractivity contribution in [2.75, 3.05) is 5.32 Å². The van der Waals surface area contributed by atoms with Gasteiger partial charge >= 0.3 is 0 Å². The Morgan fingerprint density at radius 3 is 2.96 bits per heavy atom. The summed E-state index contributed by atoms with van der Waals surface area (Å²) in [4.78, 5) is 21.2. The second-order valence-corrected chi connectivity index (χ2v) is 5.43. The van der Waals surface area contributed by atoms with E-state index >= 15 is 0 Å². The van der Waals surface area contributed by atoms with Crippen molar-refractivity contribution < 1.29 is 4.79 Å². The summed E-state index contributed by atoms with van der Waals surface area (Å²) in [6.07, 6.45) is 5.34. The zero-order valence-electron chi connectivity index (χ0n) is 12.5. The molecule has 4 aromatic rings. The van der Waals surface area contributed by atoms with Crippen LogP contribution in [0.3, 0.4) is 0 Å². The Bertz CT molecular complexity index is 1030. The summed E-state index contributed by atoms with van der Waals surface area (Å²) in [6, 6.07) is 13.5. The quantitative estimate of drug-likeness (QED) is 0.617. The van der Waals surface area contributed by atoms with Crippen LogP contribution in [0.1, 0.15) is 16.1 Å². The minimum absolute atomic E-state index is 0.246. The molecule has 1 amide bonds. The lowest BCUT2D eigenvalue weighted by molar-refractivity contribution is 0.102.